The third-order valence-corrected chi connectivity index (χ3v) is 13.9. The van der Waals surface area contributed by atoms with Gasteiger partial charge in [-0.3, -0.25) is 38.3 Å². The summed E-state index contributed by atoms with van der Waals surface area (Å²) in [5.41, 5.74) is 2.96. The Hall–Kier alpha value is -6.76. The van der Waals surface area contributed by atoms with Crippen molar-refractivity contribution in [2.24, 2.45) is 22.2 Å². The van der Waals surface area contributed by atoms with Gasteiger partial charge in [0.05, 0.1) is 30.5 Å². The predicted octanol–water partition coefficient (Wildman–Crippen LogP) is 4.66. The van der Waals surface area contributed by atoms with Crippen LogP contribution in [0.25, 0.3) is 11.1 Å². The van der Waals surface area contributed by atoms with Gasteiger partial charge in [0.1, 0.15) is 18.4 Å². The van der Waals surface area contributed by atoms with E-state index in [1.54, 1.807) is 49.5 Å². The zero-order valence-electron chi connectivity index (χ0n) is 40.1. The Morgan fingerprint density at radius 3 is 2.20 bits per heavy atom. The number of rotatable bonds is 21. The highest BCUT2D eigenvalue weighted by Crippen LogP contribution is 2.72. The molecule has 3 heterocycles. The Morgan fingerprint density at radius 1 is 0.870 bits per heavy atom. The second-order valence-electron chi connectivity index (χ2n) is 20.3. The minimum atomic E-state index is -1.18. The van der Waals surface area contributed by atoms with Gasteiger partial charge in [-0.15, -0.1) is 0 Å². The van der Waals surface area contributed by atoms with Crippen LogP contribution in [-0.4, -0.2) is 111 Å². The number of imide groups is 1. The molecule has 1 aliphatic heterocycles. The number of hydrogen-bond donors (Lipinski definition) is 5. The minimum Gasteiger partial charge on any atom is -0.476 e. The average molecular weight is 951 g/mol. The Morgan fingerprint density at radius 2 is 1.55 bits per heavy atom. The summed E-state index contributed by atoms with van der Waals surface area (Å²) in [5.74, 6) is -4.40. The van der Waals surface area contributed by atoms with Gasteiger partial charge >= 0.3 is 12.1 Å². The van der Waals surface area contributed by atoms with Crippen molar-refractivity contribution < 1.29 is 52.9 Å². The van der Waals surface area contributed by atoms with Crippen molar-refractivity contribution in [1.82, 2.24) is 35.6 Å². The maximum Gasteiger partial charge on any atom is 0.407 e. The first-order valence-electron chi connectivity index (χ1n) is 23.4. The third kappa shape index (κ3) is 11.8. The summed E-state index contributed by atoms with van der Waals surface area (Å²) >= 11 is 0. The average Bonchev–Trinajstić information content (AvgIpc) is 3.80. The van der Waals surface area contributed by atoms with Crippen LogP contribution < -0.4 is 21.3 Å². The summed E-state index contributed by atoms with van der Waals surface area (Å²) in [6.07, 6.45) is 8.97. The number of amides is 6. The van der Waals surface area contributed by atoms with Crippen LogP contribution in [0.5, 0.6) is 0 Å². The number of Topliss-reactive ketones (excluding diaryl/α,β-unsaturated/α-hetero) is 1. The molecule has 4 bridgehead atoms. The van der Waals surface area contributed by atoms with Gasteiger partial charge in [0, 0.05) is 80.1 Å². The number of anilines is 1. The number of carboxylic acids is 1. The molecular formula is C50H62N8O11. The molecule has 5 aliphatic rings. The second kappa shape index (κ2) is 20.1. The molecule has 0 spiro atoms. The number of ketones is 1. The summed E-state index contributed by atoms with van der Waals surface area (Å²) < 4.78 is 14.2. The Bertz CT molecular complexity index is 2530. The first kappa shape index (κ1) is 50.1. The van der Waals surface area contributed by atoms with Crippen molar-refractivity contribution >= 4 is 53.1 Å². The van der Waals surface area contributed by atoms with Crippen LogP contribution in [0.15, 0.2) is 54.7 Å². The lowest BCUT2D eigenvalue weighted by Crippen LogP contribution is -2.64. The maximum atomic E-state index is 12.9. The molecule has 0 saturated heterocycles. The molecule has 0 radical (unpaired) electrons. The zero-order chi connectivity index (χ0) is 49.9. The summed E-state index contributed by atoms with van der Waals surface area (Å²) in [7, 11) is 1.52. The van der Waals surface area contributed by atoms with Crippen molar-refractivity contribution in [2.75, 3.05) is 32.1 Å². The fraction of sp³-hybridized carbons (Fsp3) is 0.520. The lowest BCUT2D eigenvalue weighted by Gasteiger charge is -2.69. The smallest absolute Gasteiger partial charge is 0.407 e. The third-order valence-electron chi connectivity index (χ3n) is 13.9. The number of benzene rings is 1. The van der Waals surface area contributed by atoms with Gasteiger partial charge in [0.2, 0.25) is 17.7 Å². The first-order chi connectivity index (χ1) is 32.6. The number of carbonyl (C=O) groups is 8. The van der Waals surface area contributed by atoms with Crippen LogP contribution >= 0.6 is 0 Å². The molecule has 4 fully saturated rings. The number of carbonyl (C=O) groups excluding carboxylic acids is 7. The number of aromatic carboxylic acids is 1. The molecule has 6 amide bonds. The molecule has 2 aromatic heterocycles. The topological polar surface area (TPSA) is 257 Å². The van der Waals surface area contributed by atoms with Crippen molar-refractivity contribution in [3.8, 4) is 11.1 Å². The van der Waals surface area contributed by atoms with Gasteiger partial charge in [-0.05, 0) is 98.4 Å². The predicted molar refractivity (Wildman–Crippen MR) is 250 cm³/mol. The molecule has 5 N–H and O–H groups in total. The first-order valence-corrected chi connectivity index (χ1v) is 23.4. The molecule has 368 valence electrons. The number of alkyl carbamates (subject to hydrolysis) is 1. The molecule has 1 aromatic carbocycles. The molecule has 4 atom stereocenters. The SMILES string of the molecule is CNC(=O)Cc1ccc(-c2cnn(CC34CC5(C)CC(C)(C3)CC(OCCNC(=O)OCc3ccc(NC(=O)[C@H](C)NC(=O)[C@H](C)CC(=O)CCN6C(=O)C=CC6=O)cc3)(C5)C4)c2C)c(C(=O)O)n1. The highest BCUT2D eigenvalue weighted by molar-refractivity contribution is 6.13. The van der Waals surface area contributed by atoms with E-state index in [0.29, 0.717) is 41.2 Å². The zero-order valence-corrected chi connectivity index (χ0v) is 40.1. The number of ether oxygens (including phenoxy) is 2. The van der Waals surface area contributed by atoms with Crippen molar-refractivity contribution in [1.29, 1.82) is 0 Å². The van der Waals surface area contributed by atoms with E-state index in [9.17, 15) is 43.5 Å². The number of aromatic nitrogens is 3. The molecule has 3 aromatic rings. The van der Waals surface area contributed by atoms with E-state index in [1.165, 1.54) is 14.0 Å². The Balaban J connectivity index is 0.855. The number of carboxylic acid groups (broad SMARTS) is 1. The molecule has 19 heteroatoms. The van der Waals surface area contributed by atoms with Gasteiger partial charge in [-0.25, -0.2) is 14.6 Å². The van der Waals surface area contributed by atoms with E-state index in [-0.39, 0.29) is 78.2 Å². The van der Waals surface area contributed by atoms with E-state index in [4.69, 9.17) is 14.6 Å². The van der Waals surface area contributed by atoms with E-state index >= 15 is 0 Å². The van der Waals surface area contributed by atoms with Gasteiger partial charge in [0.25, 0.3) is 11.8 Å². The molecule has 2 unspecified atom stereocenters. The van der Waals surface area contributed by atoms with E-state index in [0.717, 1.165) is 61.3 Å². The van der Waals surface area contributed by atoms with E-state index in [2.05, 4.69) is 40.1 Å². The fourth-order valence-electron chi connectivity index (χ4n) is 12.0. The van der Waals surface area contributed by atoms with Crippen LogP contribution in [0.4, 0.5) is 10.5 Å². The van der Waals surface area contributed by atoms with Crippen LogP contribution in [0.1, 0.15) is 107 Å². The number of likely N-dealkylation sites (N-methyl/N-ethyl adjacent to an activating group) is 1. The second-order valence-corrected chi connectivity index (χ2v) is 20.3. The maximum absolute atomic E-state index is 12.9. The van der Waals surface area contributed by atoms with Gasteiger partial charge in [-0.2, -0.15) is 5.10 Å². The van der Waals surface area contributed by atoms with Crippen LogP contribution in [0, 0.1) is 29.1 Å². The molecule has 19 nitrogen and oxygen atoms in total. The summed E-state index contributed by atoms with van der Waals surface area (Å²) in [6, 6.07) is 9.17. The van der Waals surface area contributed by atoms with Gasteiger partial charge in [0.15, 0.2) is 5.69 Å². The largest absolute Gasteiger partial charge is 0.476 e. The Labute approximate surface area is 400 Å². The lowest BCUT2D eigenvalue weighted by molar-refractivity contribution is -0.247. The normalized spacial score (nSPS) is 24.2. The highest BCUT2D eigenvalue weighted by Gasteiger charge is 2.66. The van der Waals surface area contributed by atoms with Gasteiger partial charge < -0.3 is 35.8 Å². The quantitative estimate of drug-likeness (QED) is 0.0721. The number of hydrogen-bond acceptors (Lipinski definition) is 12. The Kier molecular flexibility index (Phi) is 14.6. The lowest BCUT2D eigenvalue weighted by atomic mass is 9.39. The monoisotopic (exact) mass is 950 g/mol. The number of nitrogens with zero attached hydrogens (tertiary/aromatic N) is 4. The highest BCUT2D eigenvalue weighted by atomic mass is 16.5. The van der Waals surface area contributed by atoms with Gasteiger partial charge in [-0.1, -0.05) is 32.9 Å². The van der Waals surface area contributed by atoms with Crippen LogP contribution in [-0.2, 0) is 57.8 Å². The van der Waals surface area contributed by atoms with E-state index < -0.39 is 47.7 Å². The summed E-state index contributed by atoms with van der Waals surface area (Å²) in [4.78, 5) is 104. The standard InChI is InChI=1S/C50H62N8O11/c1-30(19-36(59)15-17-57-40(61)13-14-41(57)62)43(63)54-31(2)44(64)56-34-9-7-33(8-10-34)22-68-46(67)52-16-18-69-50-26-47(4)23-48(5,27-50)25-49(24-47,28-50)29-58-32(3)38(21-53-58)37-12-11-35(20-39(60)51-6)55-42(37)45(65)66/h7-14,21,30-31H,15-20,22-29H2,1-6H3,(H,51,60)(H,52,67)(H,54,63)(H,56,64)(H,65,66)/t30-,31+,47?,48?,49?,50?/m1/s1. The fourth-order valence-corrected chi connectivity index (χ4v) is 12.0. The van der Waals surface area contributed by atoms with Crippen molar-refractivity contribution in [3.05, 3.63) is 77.4 Å². The molecule has 8 rings (SSSR count). The minimum absolute atomic E-state index is 0.0135. The number of nitrogens with one attached hydrogen (secondary N) is 4. The summed E-state index contributed by atoms with van der Waals surface area (Å²) in [6.45, 7) is 10.9. The van der Waals surface area contributed by atoms with Crippen molar-refractivity contribution in [2.45, 2.75) is 117 Å². The van der Waals surface area contributed by atoms with Crippen molar-refractivity contribution in [3.63, 3.8) is 0 Å². The molecule has 4 saturated carbocycles. The van der Waals surface area contributed by atoms with Crippen LogP contribution in [0.3, 0.4) is 0 Å². The van der Waals surface area contributed by atoms with Crippen LogP contribution in [0.2, 0.25) is 0 Å². The molecular weight excluding hydrogens is 889 g/mol. The molecule has 4 aliphatic carbocycles. The van der Waals surface area contributed by atoms with E-state index in [1.807, 2.05) is 11.6 Å². The molecule has 69 heavy (non-hydrogen) atoms. The number of pyridine rings is 1. The summed E-state index contributed by atoms with van der Waals surface area (Å²) in [5, 5.41) is 25.6.